The molecule has 1 aliphatic rings. The van der Waals surface area contributed by atoms with Crippen LogP contribution in [0.2, 0.25) is 0 Å². The van der Waals surface area contributed by atoms with Crippen LogP contribution in [0.4, 0.5) is 15.3 Å². The number of amides is 3. The molecule has 0 aromatic heterocycles. The lowest BCUT2D eigenvalue weighted by Crippen LogP contribution is -2.53. The molecule has 0 aliphatic carbocycles. The third-order valence-electron chi connectivity index (χ3n) is 4.40. The monoisotopic (exact) mass is 404 g/mol. The molecule has 0 atom stereocenters. The summed E-state index contributed by atoms with van der Waals surface area (Å²) < 4.78 is 5.05. The van der Waals surface area contributed by atoms with Gasteiger partial charge in [0.2, 0.25) is 0 Å². The van der Waals surface area contributed by atoms with Gasteiger partial charge in [-0.2, -0.15) is 0 Å². The molecule has 160 valence electrons. The van der Waals surface area contributed by atoms with Gasteiger partial charge in [0.1, 0.15) is 0 Å². The van der Waals surface area contributed by atoms with E-state index in [0.717, 1.165) is 17.2 Å². The van der Waals surface area contributed by atoms with Crippen molar-refractivity contribution in [1.29, 1.82) is 0 Å². The number of nitrogens with one attached hydrogen (secondary N) is 3. The molecule has 0 radical (unpaired) electrons. The van der Waals surface area contributed by atoms with Crippen LogP contribution in [0.1, 0.15) is 26.3 Å². The smallest absolute Gasteiger partial charge is 0.409 e. The lowest BCUT2D eigenvalue weighted by atomic mass is 10.2. The number of aliphatic imine (C=N–C) groups is 1. The molecule has 1 aromatic carbocycles. The molecule has 29 heavy (non-hydrogen) atoms. The number of urea groups is 1. The first-order valence-corrected chi connectivity index (χ1v) is 9.96. The highest BCUT2D eigenvalue weighted by Gasteiger charge is 2.23. The number of piperazine rings is 1. The minimum atomic E-state index is -0.258. The van der Waals surface area contributed by atoms with Crippen molar-refractivity contribution in [2.45, 2.75) is 33.4 Å². The van der Waals surface area contributed by atoms with E-state index in [1.807, 2.05) is 45.0 Å². The summed E-state index contributed by atoms with van der Waals surface area (Å²) in [5, 5.41) is 8.95. The first-order chi connectivity index (χ1) is 13.9. The maximum atomic E-state index is 11.8. The molecule has 9 nitrogen and oxygen atoms in total. The first kappa shape index (κ1) is 22.3. The zero-order chi connectivity index (χ0) is 21.2. The topological polar surface area (TPSA) is 98.3 Å². The SMILES string of the molecule is CCOC(=O)N1CCN(C(=NC)NCc2ccc(NC(=O)NC(C)C)cc2)CC1. The lowest BCUT2D eigenvalue weighted by Gasteiger charge is -2.35. The van der Waals surface area contributed by atoms with Crippen molar-refractivity contribution >= 4 is 23.8 Å². The average molecular weight is 405 g/mol. The summed E-state index contributed by atoms with van der Waals surface area (Å²) >= 11 is 0. The Morgan fingerprint density at radius 1 is 1.10 bits per heavy atom. The Balaban J connectivity index is 1.81. The van der Waals surface area contributed by atoms with Crippen molar-refractivity contribution in [1.82, 2.24) is 20.4 Å². The highest BCUT2D eigenvalue weighted by Crippen LogP contribution is 2.10. The van der Waals surface area contributed by atoms with Gasteiger partial charge in [-0.1, -0.05) is 12.1 Å². The molecule has 0 spiro atoms. The fraction of sp³-hybridized carbons (Fsp3) is 0.550. The molecule has 0 bridgehead atoms. The number of benzene rings is 1. The molecule has 0 saturated carbocycles. The summed E-state index contributed by atoms with van der Waals surface area (Å²) in [7, 11) is 1.75. The van der Waals surface area contributed by atoms with Gasteiger partial charge in [0.05, 0.1) is 6.61 Å². The van der Waals surface area contributed by atoms with Crippen molar-refractivity contribution in [2.24, 2.45) is 4.99 Å². The molecule has 3 amide bonds. The van der Waals surface area contributed by atoms with E-state index in [0.29, 0.717) is 39.3 Å². The molecular weight excluding hydrogens is 372 g/mol. The van der Waals surface area contributed by atoms with E-state index in [2.05, 4.69) is 25.8 Å². The van der Waals surface area contributed by atoms with Gasteiger partial charge < -0.3 is 30.5 Å². The zero-order valence-electron chi connectivity index (χ0n) is 17.7. The Morgan fingerprint density at radius 3 is 2.28 bits per heavy atom. The van der Waals surface area contributed by atoms with Crippen LogP contribution >= 0.6 is 0 Å². The third kappa shape index (κ3) is 7.17. The third-order valence-corrected chi connectivity index (χ3v) is 4.40. The Hall–Kier alpha value is -2.97. The van der Waals surface area contributed by atoms with Crippen LogP contribution in [0, 0.1) is 0 Å². The number of hydrogen-bond donors (Lipinski definition) is 3. The van der Waals surface area contributed by atoms with Crippen LogP contribution < -0.4 is 16.0 Å². The molecule has 9 heteroatoms. The normalized spacial score (nSPS) is 14.6. The Morgan fingerprint density at radius 2 is 1.72 bits per heavy atom. The fourth-order valence-electron chi connectivity index (χ4n) is 2.96. The van der Waals surface area contributed by atoms with Crippen LogP contribution in [0.5, 0.6) is 0 Å². The van der Waals surface area contributed by atoms with Crippen molar-refractivity contribution in [3.8, 4) is 0 Å². The lowest BCUT2D eigenvalue weighted by molar-refractivity contribution is 0.0914. The standard InChI is InChI=1S/C20H32N6O3/c1-5-29-20(28)26-12-10-25(11-13-26)18(21-4)22-14-16-6-8-17(9-7-16)24-19(27)23-15(2)3/h6-9,15H,5,10-14H2,1-4H3,(H,21,22)(H2,23,24,27). The number of nitrogens with zero attached hydrogens (tertiary/aromatic N) is 3. The molecule has 3 N–H and O–H groups in total. The van der Waals surface area contributed by atoms with E-state index < -0.39 is 0 Å². The molecule has 1 fully saturated rings. The van der Waals surface area contributed by atoms with Crippen molar-refractivity contribution in [2.75, 3.05) is 45.2 Å². The van der Waals surface area contributed by atoms with Gasteiger partial charge in [-0.25, -0.2) is 9.59 Å². The van der Waals surface area contributed by atoms with Gasteiger partial charge in [-0.3, -0.25) is 4.99 Å². The predicted molar refractivity (Wildman–Crippen MR) is 114 cm³/mol. The van der Waals surface area contributed by atoms with Gasteiger partial charge in [0.15, 0.2) is 5.96 Å². The van der Waals surface area contributed by atoms with E-state index in [1.54, 1.807) is 11.9 Å². The van der Waals surface area contributed by atoms with Crippen LogP contribution in [0.25, 0.3) is 0 Å². The van der Waals surface area contributed by atoms with Crippen molar-refractivity contribution in [3.05, 3.63) is 29.8 Å². The second-order valence-corrected chi connectivity index (χ2v) is 7.02. The van der Waals surface area contributed by atoms with Crippen LogP contribution in [-0.4, -0.2) is 73.8 Å². The Bertz CT molecular complexity index is 697. The minimum Gasteiger partial charge on any atom is -0.450 e. The number of ether oxygens (including phenoxy) is 1. The molecule has 1 heterocycles. The molecule has 2 rings (SSSR count). The number of hydrogen-bond acceptors (Lipinski definition) is 4. The van der Waals surface area contributed by atoms with E-state index in [9.17, 15) is 9.59 Å². The highest BCUT2D eigenvalue weighted by molar-refractivity contribution is 5.89. The van der Waals surface area contributed by atoms with Gasteiger partial charge in [-0.05, 0) is 38.5 Å². The molecule has 1 aromatic rings. The zero-order valence-corrected chi connectivity index (χ0v) is 17.7. The Labute approximate surface area is 172 Å². The van der Waals surface area contributed by atoms with Crippen molar-refractivity contribution < 1.29 is 14.3 Å². The quantitative estimate of drug-likeness (QED) is 0.515. The van der Waals surface area contributed by atoms with Gasteiger partial charge in [-0.15, -0.1) is 0 Å². The maximum Gasteiger partial charge on any atom is 0.409 e. The number of anilines is 1. The van der Waals surface area contributed by atoms with Crippen LogP contribution in [0.15, 0.2) is 29.3 Å². The summed E-state index contributed by atoms with van der Waals surface area (Å²) in [6, 6.07) is 7.54. The number of guanidine groups is 1. The average Bonchev–Trinajstić information content (AvgIpc) is 2.69. The fourth-order valence-corrected chi connectivity index (χ4v) is 2.96. The van der Waals surface area contributed by atoms with Crippen LogP contribution in [0.3, 0.4) is 0 Å². The molecule has 0 unspecified atom stereocenters. The summed E-state index contributed by atoms with van der Waals surface area (Å²) in [5.41, 5.74) is 1.82. The van der Waals surface area contributed by atoms with E-state index in [4.69, 9.17) is 4.74 Å². The molecule has 1 aliphatic heterocycles. The molecule has 1 saturated heterocycles. The van der Waals surface area contributed by atoms with Gasteiger partial charge in [0.25, 0.3) is 0 Å². The number of carbonyl (C=O) groups is 2. The predicted octanol–water partition coefficient (Wildman–Crippen LogP) is 2.07. The van der Waals surface area contributed by atoms with E-state index in [-0.39, 0.29) is 18.2 Å². The first-order valence-electron chi connectivity index (χ1n) is 9.96. The van der Waals surface area contributed by atoms with E-state index in [1.165, 1.54) is 0 Å². The maximum absolute atomic E-state index is 11.8. The molecular formula is C20H32N6O3. The summed E-state index contributed by atoms with van der Waals surface area (Å²) in [5.74, 6) is 0.798. The number of rotatable bonds is 5. The highest BCUT2D eigenvalue weighted by atomic mass is 16.6. The summed E-state index contributed by atoms with van der Waals surface area (Å²) in [4.78, 5) is 31.8. The minimum absolute atomic E-state index is 0.0874. The second-order valence-electron chi connectivity index (χ2n) is 7.02. The second kappa shape index (κ2) is 11.1. The van der Waals surface area contributed by atoms with Gasteiger partial charge in [0, 0.05) is 51.5 Å². The summed E-state index contributed by atoms with van der Waals surface area (Å²) in [6.45, 7) is 9.26. The van der Waals surface area contributed by atoms with Gasteiger partial charge >= 0.3 is 12.1 Å². The summed E-state index contributed by atoms with van der Waals surface area (Å²) in [6.07, 6.45) is -0.258. The number of carbonyl (C=O) groups excluding carboxylic acids is 2. The van der Waals surface area contributed by atoms with Crippen LogP contribution in [-0.2, 0) is 11.3 Å². The largest absolute Gasteiger partial charge is 0.450 e. The Kier molecular flexibility index (Phi) is 8.57. The van der Waals surface area contributed by atoms with E-state index >= 15 is 0 Å². The van der Waals surface area contributed by atoms with Crippen molar-refractivity contribution in [3.63, 3.8) is 0 Å².